The summed E-state index contributed by atoms with van der Waals surface area (Å²) in [6, 6.07) is 16.0. The van der Waals surface area contributed by atoms with Crippen LogP contribution in [0.5, 0.6) is 5.75 Å². The summed E-state index contributed by atoms with van der Waals surface area (Å²) in [6.45, 7) is 7.50. The number of ether oxygens (including phenoxy) is 1. The number of aryl methyl sites for hydroxylation is 2. The van der Waals surface area contributed by atoms with Crippen molar-refractivity contribution >= 4 is 11.8 Å². The topological polar surface area (TPSA) is 61.9 Å². The Morgan fingerprint density at radius 1 is 1.03 bits per heavy atom. The van der Waals surface area contributed by atoms with Crippen LogP contribution in [0.15, 0.2) is 48.5 Å². The average Bonchev–Trinajstić information content (AvgIpc) is 2.79. The Kier molecular flexibility index (Phi) is 7.10. The van der Waals surface area contributed by atoms with Crippen molar-refractivity contribution in [1.29, 1.82) is 0 Å². The van der Waals surface area contributed by atoms with Gasteiger partial charge >= 0.3 is 0 Å². The number of likely N-dealkylation sites (tertiary alicyclic amines) is 1. The summed E-state index contributed by atoms with van der Waals surface area (Å²) in [6.07, 6.45) is 1.96. The molecule has 2 aliphatic rings. The van der Waals surface area contributed by atoms with E-state index in [1.54, 1.807) is 0 Å². The minimum Gasteiger partial charge on any atom is -0.490 e. The third kappa shape index (κ3) is 5.49. The van der Waals surface area contributed by atoms with Crippen LogP contribution in [0.4, 0.5) is 0 Å². The first-order valence-electron chi connectivity index (χ1n) is 11.6. The van der Waals surface area contributed by atoms with Crippen LogP contribution < -0.4 is 10.1 Å². The lowest BCUT2D eigenvalue weighted by Gasteiger charge is -2.37. The molecule has 170 valence electrons. The summed E-state index contributed by atoms with van der Waals surface area (Å²) in [7, 11) is 0. The van der Waals surface area contributed by atoms with Gasteiger partial charge in [-0.3, -0.25) is 14.5 Å². The van der Waals surface area contributed by atoms with E-state index >= 15 is 0 Å². The predicted octanol–water partition coefficient (Wildman–Crippen LogP) is 3.06. The first-order chi connectivity index (χ1) is 15.5. The number of piperazine rings is 1. The van der Waals surface area contributed by atoms with E-state index in [1.165, 1.54) is 5.56 Å². The van der Waals surface area contributed by atoms with Crippen molar-refractivity contribution in [2.45, 2.75) is 51.8 Å². The molecule has 0 aromatic heterocycles. The van der Waals surface area contributed by atoms with E-state index in [2.05, 4.69) is 41.4 Å². The van der Waals surface area contributed by atoms with Gasteiger partial charge in [-0.25, -0.2) is 0 Å². The molecule has 2 aromatic rings. The van der Waals surface area contributed by atoms with Crippen molar-refractivity contribution < 1.29 is 14.3 Å². The fraction of sp³-hybridized carbons (Fsp3) is 0.462. The highest BCUT2D eigenvalue weighted by Gasteiger charge is 2.34. The van der Waals surface area contributed by atoms with Crippen LogP contribution in [0.2, 0.25) is 0 Å². The van der Waals surface area contributed by atoms with Crippen molar-refractivity contribution in [3.05, 3.63) is 65.2 Å². The highest BCUT2D eigenvalue weighted by Crippen LogP contribution is 2.23. The third-order valence-corrected chi connectivity index (χ3v) is 6.50. The number of amides is 2. The van der Waals surface area contributed by atoms with Crippen LogP contribution in [0, 0.1) is 13.8 Å². The molecule has 6 nitrogen and oxygen atoms in total. The van der Waals surface area contributed by atoms with Gasteiger partial charge in [0.2, 0.25) is 11.8 Å². The molecule has 0 radical (unpaired) electrons. The zero-order chi connectivity index (χ0) is 22.5. The lowest BCUT2D eigenvalue weighted by atomic mass is 10.0. The Hall–Kier alpha value is -2.86. The van der Waals surface area contributed by atoms with E-state index in [-0.39, 0.29) is 24.3 Å². The number of nitrogens with one attached hydrogen (secondary N) is 1. The van der Waals surface area contributed by atoms with Crippen LogP contribution in [-0.4, -0.2) is 59.9 Å². The van der Waals surface area contributed by atoms with Crippen molar-refractivity contribution in [3.8, 4) is 5.75 Å². The molecule has 1 atom stereocenters. The lowest BCUT2D eigenvalue weighted by Crippen LogP contribution is -2.56. The molecule has 2 saturated heterocycles. The molecule has 2 aliphatic heterocycles. The van der Waals surface area contributed by atoms with E-state index in [4.69, 9.17) is 4.74 Å². The quantitative estimate of drug-likeness (QED) is 0.758. The predicted molar refractivity (Wildman–Crippen MR) is 124 cm³/mol. The summed E-state index contributed by atoms with van der Waals surface area (Å²) in [5, 5.41) is 2.93. The Morgan fingerprint density at radius 3 is 2.47 bits per heavy atom. The second-order valence-electron chi connectivity index (χ2n) is 8.93. The lowest BCUT2D eigenvalue weighted by molar-refractivity contribution is -0.140. The molecule has 0 bridgehead atoms. The molecule has 0 unspecified atom stereocenters. The molecule has 2 fully saturated rings. The molecule has 32 heavy (non-hydrogen) atoms. The van der Waals surface area contributed by atoms with Crippen LogP contribution in [-0.2, 0) is 16.1 Å². The maximum absolute atomic E-state index is 13.1. The summed E-state index contributed by atoms with van der Waals surface area (Å²) in [5.74, 6) is 0.924. The SMILES string of the molecule is Cc1ccc(CN2CCNC(=O)[C@H]2CC(=O)N2CCC(Oc3ccccc3C)CC2)cc1. The smallest absolute Gasteiger partial charge is 0.237 e. The second-order valence-corrected chi connectivity index (χ2v) is 8.93. The molecular weight excluding hydrogens is 402 g/mol. The van der Waals surface area contributed by atoms with Gasteiger partial charge in [-0.05, 0) is 31.0 Å². The van der Waals surface area contributed by atoms with Gasteiger partial charge in [-0.2, -0.15) is 0 Å². The molecule has 2 aromatic carbocycles. The molecule has 6 heteroatoms. The number of hydrogen-bond donors (Lipinski definition) is 1. The highest BCUT2D eigenvalue weighted by molar-refractivity contribution is 5.88. The van der Waals surface area contributed by atoms with Crippen LogP contribution in [0.3, 0.4) is 0 Å². The van der Waals surface area contributed by atoms with Crippen LogP contribution in [0.25, 0.3) is 0 Å². The molecular formula is C26H33N3O3. The number of piperidine rings is 1. The Morgan fingerprint density at radius 2 is 1.75 bits per heavy atom. The first-order valence-corrected chi connectivity index (χ1v) is 11.6. The maximum atomic E-state index is 13.1. The minimum absolute atomic E-state index is 0.0468. The Balaban J connectivity index is 1.32. The van der Waals surface area contributed by atoms with Crippen LogP contribution in [0.1, 0.15) is 36.0 Å². The summed E-state index contributed by atoms with van der Waals surface area (Å²) < 4.78 is 6.16. The van der Waals surface area contributed by atoms with Crippen molar-refractivity contribution in [2.24, 2.45) is 0 Å². The molecule has 2 heterocycles. The standard InChI is InChI=1S/C26H33N3O3/c1-19-7-9-21(10-8-19)18-29-16-13-27-26(31)23(29)17-25(30)28-14-11-22(12-15-28)32-24-6-4-3-5-20(24)2/h3-10,22-23H,11-18H2,1-2H3,(H,27,31)/t23-/m1/s1. The van der Waals surface area contributed by atoms with Crippen molar-refractivity contribution in [3.63, 3.8) is 0 Å². The third-order valence-electron chi connectivity index (χ3n) is 6.50. The van der Waals surface area contributed by atoms with E-state index < -0.39 is 6.04 Å². The Bertz CT molecular complexity index is 936. The first kappa shape index (κ1) is 22.3. The van der Waals surface area contributed by atoms with E-state index in [9.17, 15) is 9.59 Å². The maximum Gasteiger partial charge on any atom is 0.237 e. The van der Waals surface area contributed by atoms with Gasteiger partial charge in [0.15, 0.2) is 0 Å². The number of carbonyl (C=O) groups excluding carboxylic acids is 2. The van der Waals surface area contributed by atoms with E-state index in [0.717, 1.165) is 36.3 Å². The van der Waals surface area contributed by atoms with Gasteiger partial charge in [-0.1, -0.05) is 48.0 Å². The number of carbonyl (C=O) groups is 2. The molecule has 1 N–H and O–H groups in total. The van der Waals surface area contributed by atoms with Gasteiger partial charge in [-0.15, -0.1) is 0 Å². The van der Waals surface area contributed by atoms with Gasteiger partial charge in [0.1, 0.15) is 11.9 Å². The molecule has 0 spiro atoms. The van der Waals surface area contributed by atoms with Crippen LogP contribution >= 0.6 is 0 Å². The highest BCUT2D eigenvalue weighted by atomic mass is 16.5. The monoisotopic (exact) mass is 435 g/mol. The zero-order valence-corrected chi connectivity index (χ0v) is 19.0. The van der Waals surface area contributed by atoms with Gasteiger partial charge in [0.25, 0.3) is 0 Å². The summed E-state index contributed by atoms with van der Waals surface area (Å²) >= 11 is 0. The Labute approximate surface area is 190 Å². The fourth-order valence-electron chi connectivity index (χ4n) is 4.49. The van der Waals surface area contributed by atoms with Crippen molar-refractivity contribution in [1.82, 2.24) is 15.1 Å². The minimum atomic E-state index is -0.418. The largest absolute Gasteiger partial charge is 0.490 e. The van der Waals surface area contributed by atoms with Gasteiger partial charge in [0, 0.05) is 45.6 Å². The number of para-hydroxylation sites is 1. The average molecular weight is 436 g/mol. The van der Waals surface area contributed by atoms with Gasteiger partial charge < -0.3 is 15.0 Å². The van der Waals surface area contributed by atoms with Gasteiger partial charge in [0.05, 0.1) is 12.5 Å². The van der Waals surface area contributed by atoms with Crippen molar-refractivity contribution in [2.75, 3.05) is 26.2 Å². The second kappa shape index (κ2) is 10.2. The molecule has 0 saturated carbocycles. The number of rotatable bonds is 6. The summed E-state index contributed by atoms with van der Waals surface area (Å²) in [4.78, 5) is 29.7. The fourth-order valence-corrected chi connectivity index (χ4v) is 4.49. The normalized spacial score (nSPS) is 20.1. The molecule has 0 aliphatic carbocycles. The number of benzene rings is 2. The molecule has 4 rings (SSSR count). The number of hydrogen-bond acceptors (Lipinski definition) is 4. The molecule has 2 amide bonds. The van der Waals surface area contributed by atoms with E-state index in [0.29, 0.717) is 26.2 Å². The number of nitrogens with zero attached hydrogens (tertiary/aromatic N) is 2. The zero-order valence-electron chi connectivity index (χ0n) is 19.0. The van der Waals surface area contributed by atoms with E-state index in [1.807, 2.05) is 36.1 Å². The summed E-state index contributed by atoms with van der Waals surface area (Å²) in [5.41, 5.74) is 3.51.